The lowest BCUT2D eigenvalue weighted by molar-refractivity contribution is 0.0301. The summed E-state index contributed by atoms with van der Waals surface area (Å²) in [6, 6.07) is 2.23. The second-order valence-corrected chi connectivity index (χ2v) is 6.60. The highest BCUT2D eigenvalue weighted by Crippen LogP contribution is 2.49. The van der Waals surface area contributed by atoms with Gasteiger partial charge in [-0.05, 0) is 51.1 Å². The van der Waals surface area contributed by atoms with E-state index in [0.717, 1.165) is 37.7 Å². The molecule has 2 heterocycles. The van der Waals surface area contributed by atoms with Crippen LogP contribution < -0.4 is 5.32 Å². The van der Waals surface area contributed by atoms with Crippen LogP contribution in [0.2, 0.25) is 0 Å². The van der Waals surface area contributed by atoms with Gasteiger partial charge in [0, 0.05) is 31.3 Å². The molecule has 4 nitrogen and oxygen atoms in total. The summed E-state index contributed by atoms with van der Waals surface area (Å²) in [4.78, 5) is 0. The molecule has 0 bridgehead atoms. The summed E-state index contributed by atoms with van der Waals surface area (Å²) < 4.78 is 8.19. The van der Waals surface area contributed by atoms with E-state index in [1.165, 1.54) is 25.0 Å². The van der Waals surface area contributed by atoms with Crippen molar-refractivity contribution in [2.75, 3.05) is 19.7 Å². The Morgan fingerprint density at radius 3 is 2.90 bits per heavy atom. The highest BCUT2D eigenvalue weighted by molar-refractivity contribution is 5.14. The molecule has 2 atom stereocenters. The fourth-order valence-electron chi connectivity index (χ4n) is 3.75. The van der Waals surface area contributed by atoms with Crippen molar-refractivity contribution in [1.29, 1.82) is 0 Å². The summed E-state index contributed by atoms with van der Waals surface area (Å²) in [5.41, 5.74) is 2.72. The Morgan fingerprint density at radius 1 is 1.50 bits per heavy atom. The second-order valence-electron chi connectivity index (χ2n) is 6.60. The van der Waals surface area contributed by atoms with Crippen molar-refractivity contribution in [2.45, 2.75) is 45.6 Å². The molecule has 4 heteroatoms. The first kappa shape index (κ1) is 14.1. The van der Waals surface area contributed by atoms with E-state index in [-0.39, 0.29) is 5.41 Å². The van der Waals surface area contributed by atoms with Crippen LogP contribution in [0, 0.1) is 18.3 Å². The first-order valence-electron chi connectivity index (χ1n) is 7.96. The van der Waals surface area contributed by atoms with Gasteiger partial charge in [-0.1, -0.05) is 6.92 Å². The first-order chi connectivity index (χ1) is 9.64. The van der Waals surface area contributed by atoms with Crippen LogP contribution in [0.25, 0.3) is 0 Å². The smallest absolute Gasteiger partial charge is 0.0676 e. The van der Waals surface area contributed by atoms with Gasteiger partial charge < -0.3 is 10.1 Å². The average molecular weight is 277 g/mol. The summed E-state index contributed by atoms with van der Waals surface area (Å²) in [5.74, 6) is 0.797. The standard InChI is InChI=1S/C16H27N3O/c1-4-17-11-16(7-8-20-15(16)13-5-6-13)10-14-9-12(2)18-19(14)3/h9,13,15,17H,4-8,10-11H2,1-3H3. The molecule has 1 saturated heterocycles. The Balaban J connectivity index is 1.83. The third-order valence-electron chi connectivity index (χ3n) is 4.91. The van der Waals surface area contributed by atoms with Crippen LogP contribution in [0.1, 0.15) is 37.6 Å². The lowest BCUT2D eigenvalue weighted by atomic mass is 9.75. The third-order valence-corrected chi connectivity index (χ3v) is 4.91. The fourth-order valence-corrected chi connectivity index (χ4v) is 3.75. The van der Waals surface area contributed by atoms with E-state index in [9.17, 15) is 0 Å². The average Bonchev–Trinajstić information content (AvgIpc) is 3.10. The van der Waals surface area contributed by atoms with E-state index in [0.29, 0.717) is 6.10 Å². The number of aromatic nitrogens is 2. The van der Waals surface area contributed by atoms with Crippen molar-refractivity contribution in [1.82, 2.24) is 15.1 Å². The molecule has 3 rings (SSSR count). The molecule has 2 fully saturated rings. The first-order valence-corrected chi connectivity index (χ1v) is 7.96. The lowest BCUT2D eigenvalue weighted by Gasteiger charge is -2.34. The van der Waals surface area contributed by atoms with E-state index >= 15 is 0 Å². The van der Waals surface area contributed by atoms with Gasteiger partial charge in [-0.3, -0.25) is 4.68 Å². The van der Waals surface area contributed by atoms with Crippen molar-refractivity contribution < 1.29 is 4.74 Å². The van der Waals surface area contributed by atoms with Gasteiger partial charge in [-0.25, -0.2) is 0 Å². The van der Waals surface area contributed by atoms with Crippen LogP contribution in [0.3, 0.4) is 0 Å². The summed E-state index contributed by atoms with van der Waals surface area (Å²) in [7, 11) is 2.06. The van der Waals surface area contributed by atoms with Crippen LogP contribution in [-0.4, -0.2) is 35.6 Å². The summed E-state index contributed by atoms with van der Waals surface area (Å²) in [6.07, 6.45) is 5.40. The minimum atomic E-state index is 0.261. The van der Waals surface area contributed by atoms with Crippen LogP contribution in [0.15, 0.2) is 6.07 Å². The summed E-state index contributed by atoms with van der Waals surface area (Å²) in [6.45, 7) is 7.27. The van der Waals surface area contributed by atoms with Crippen molar-refractivity contribution in [3.63, 3.8) is 0 Å². The molecule has 1 aromatic heterocycles. The van der Waals surface area contributed by atoms with E-state index < -0.39 is 0 Å². The molecule has 1 aromatic rings. The fraction of sp³-hybridized carbons (Fsp3) is 0.812. The quantitative estimate of drug-likeness (QED) is 0.865. The Kier molecular flexibility index (Phi) is 3.87. The maximum absolute atomic E-state index is 6.14. The Hall–Kier alpha value is -0.870. The molecule has 2 unspecified atom stereocenters. The molecular weight excluding hydrogens is 250 g/mol. The zero-order valence-electron chi connectivity index (χ0n) is 13.0. The van der Waals surface area contributed by atoms with Gasteiger partial charge in [0.1, 0.15) is 0 Å². The van der Waals surface area contributed by atoms with E-state index in [1.54, 1.807) is 0 Å². The van der Waals surface area contributed by atoms with E-state index in [2.05, 4.69) is 37.4 Å². The number of aryl methyl sites for hydroxylation is 2. The van der Waals surface area contributed by atoms with Crippen molar-refractivity contribution in [3.8, 4) is 0 Å². The van der Waals surface area contributed by atoms with Crippen molar-refractivity contribution in [2.24, 2.45) is 18.4 Å². The lowest BCUT2D eigenvalue weighted by Crippen LogP contribution is -2.44. The molecule has 1 saturated carbocycles. The maximum atomic E-state index is 6.14. The van der Waals surface area contributed by atoms with Gasteiger partial charge >= 0.3 is 0 Å². The topological polar surface area (TPSA) is 39.1 Å². The summed E-state index contributed by atoms with van der Waals surface area (Å²) in [5, 5.41) is 8.09. The van der Waals surface area contributed by atoms with Gasteiger partial charge in [-0.15, -0.1) is 0 Å². The molecule has 112 valence electrons. The van der Waals surface area contributed by atoms with Crippen LogP contribution in [0.4, 0.5) is 0 Å². The minimum Gasteiger partial charge on any atom is -0.377 e. The Labute approximate surface area is 121 Å². The third kappa shape index (κ3) is 2.63. The largest absolute Gasteiger partial charge is 0.377 e. The zero-order chi connectivity index (χ0) is 14.2. The normalized spacial score (nSPS) is 30.1. The number of ether oxygens (including phenoxy) is 1. The molecular formula is C16H27N3O. The monoisotopic (exact) mass is 277 g/mol. The highest BCUT2D eigenvalue weighted by atomic mass is 16.5. The van der Waals surface area contributed by atoms with E-state index in [4.69, 9.17) is 4.74 Å². The van der Waals surface area contributed by atoms with Crippen LogP contribution in [-0.2, 0) is 18.2 Å². The second kappa shape index (κ2) is 5.49. The molecule has 1 aliphatic carbocycles. The minimum absolute atomic E-state index is 0.261. The SMILES string of the molecule is CCNCC1(Cc2cc(C)nn2C)CCOC1C1CC1. The molecule has 0 aromatic carbocycles. The number of rotatable bonds is 6. The number of hydrogen-bond donors (Lipinski definition) is 1. The van der Waals surface area contributed by atoms with Gasteiger partial charge in [-0.2, -0.15) is 5.10 Å². The number of nitrogens with zero attached hydrogens (tertiary/aromatic N) is 2. The van der Waals surface area contributed by atoms with Gasteiger partial charge in [0.15, 0.2) is 0 Å². The summed E-state index contributed by atoms with van der Waals surface area (Å²) >= 11 is 0. The number of nitrogens with one attached hydrogen (secondary N) is 1. The molecule has 1 aliphatic heterocycles. The maximum Gasteiger partial charge on any atom is 0.0676 e. The highest BCUT2D eigenvalue weighted by Gasteiger charge is 2.50. The van der Waals surface area contributed by atoms with Gasteiger partial charge in [0.05, 0.1) is 11.8 Å². The Morgan fingerprint density at radius 2 is 2.30 bits per heavy atom. The van der Waals surface area contributed by atoms with E-state index in [1.807, 2.05) is 4.68 Å². The predicted molar refractivity (Wildman–Crippen MR) is 79.7 cm³/mol. The van der Waals surface area contributed by atoms with Gasteiger partial charge in [0.2, 0.25) is 0 Å². The van der Waals surface area contributed by atoms with Crippen molar-refractivity contribution >= 4 is 0 Å². The molecule has 0 spiro atoms. The Bertz CT molecular complexity index is 466. The molecule has 2 aliphatic rings. The van der Waals surface area contributed by atoms with Crippen molar-refractivity contribution in [3.05, 3.63) is 17.5 Å². The molecule has 0 radical (unpaired) electrons. The van der Waals surface area contributed by atoms with Crippen LogP contribution in [0.5, 0.6) is 0 Å². The number of hydrogen-bond acceptors (Lipinski definition) is 3. The molecule has 1 N–H and O–H groups in total. The molecule has 20 heavy (non-hydrogen) atoms. The zero-order valence-corrected chi connectivity index (χ0v) is 13.0. The van der Waals surface area contributed by atoms with Crippen LogP contribution >= 0.6 is 0 Å². The predicted octanol–water partition coefficient (Wildman–Crippen LogP) is 2.07. The molecule has 0 amide bonds. The van der Waals surface area contributed by atoms with Gasteiger partial charge in [0.25, 0.3) is 0 Å².